The molecule has 1 aromatic rings. The van der Waals surface area contributed by atoms with E-state index in [-0.39, 0.29) is 0 Å². The van der Waals surface area contributed by atoms with Crippen LogP contribution in [0, 0.1) is 11.3 Å². The summed E-state index contributed by atoms with van der Waals surface area (Å²) >= 11 is 0. The summed E-state index contributed by atoms with van der Waals surface area (Å²) in [4.78, 5) is 6.63. The number of rotatable bonds is 4. The maximum atomic E-state index is 5.75. The van der Waals surface area contributed by atoms with Crippen LogP contribution in [0.2, 0.25) is 0 Å². The van der Waals surface area contributed by atoms with Gasteiger partial charge >= 0.3 is 0 Å². The molecular formula is C15H25N3. The quantitative estimate of drug-likeness (QED) is 0.887. The first-order chi connectivity index (χ1) is 8.62. The zero-order chi connectivity index (χ0) is 13.0. The molecule has 1 fully saturated rings. The molecule has 1 aromatic heterocycles. The summed E-state index contributed by atoms with van der Waals surface area (Å²) in [6, 6.07) is 4.22. The van der Waals surface area contributed by atoms with Crippen LogP contribution in [0.5, 0.6) is 0 Å². The van der Waals surface area contributed by atoms with Crippen LogP contribution in [0.4, 0.5) is 0 Å². The Morgan fingerprint density at radius 2 is 2.11 bits per heavy atom. The summed E-state index contributed by atoms with van der Waals surface area (Å²) in [5.41, 5.74) is 7.55. The van der Waals surface area contributed by atoms with Gasteiger partial charge < -0.3 is 5.73 Å². The Labute approximate surface area is 110 Å². The van der Waals surface area contributed by atoms with Gasteiger partial charge in [-0.3, -0.25) is 9.88 Å². The van der Waals surface area contributed by atoms with Crippen LogP contribution in [0.3, 0.4) is 0 Å². The van der Waals surface area contributed by atoms with Crippen molar-refractivity contribution in [2.45, 2.75) is 33.2 Å². The monoisotopic (exact) mass is 247 g/mol. The molecule has 0 radical (unpaired) electrons. The largest absolute Gasteiger partial charge is 0.330 e. The van der Waals surface area contributed by atoms with Gasteiger partial charge in [-0.1, -0.05) is 13.8 Å². The van der Waals surface area contributed by atoms with E-state index in [1.54, 1.807) is 0 Å². The highest BCUT2D eigenvalue weighted by Gasteiger charge is 2.34. The van der Waals surface area contributed by atoms with Crippen LogP contribution >= 0.6 is 0 Å². The molecular weight excluding hydrogens is 222 g/mol. The first-order valence-electron chi connectivity index (χ1n) is 6.93. The fourth-order valence-electron chi connectivity index (χ4n) is 2.87. The van der Waals surface area contributed by atoms with E-state index < -0.39 is 0 Å². The molecule has 2 N–H and O–H groups in total. The van der Waals surface area contributed by atoms with Crippen LogP contribution < -0.4 is 5.73 Å². The third-order valence-electron chi connectivity index (χ3n) is 4.33. The molecule has 100 valence electrons. The number of aromatic nitrogens is 1. The van der Waals surface area contributed by atoms with Crippen molar-refractivity contribution in [1.29, 1.82) is 0 Å². The molecule has 1 unspecified atom stereocenters. The lowest BCUT2D eigenvalue weighted by atomic mass is 9.72. The molecule has 1 saturated heterocycles. The van der Waals surface area contributed by atoms with Gasteiger partial charge in [-0.25, -0.2) is 0 Å². The van der Waals surface area contributed by atoms with Gasteiger partial charge in [0.2, 0.25) is 0 Å². The van der Waals surface area contributed by atoms with Gasteiger partial charge in [0.1, 0.15) is 0 Å². The van der Waals surface area contributed by atoms with Gasteiger partial charge in [0.05, 0.1) is 0 Å². The van der Waals surface area contributed by atoms with E-state index >= 15 is 0 Å². The maximum absolute atomic E-state index is 5.75. The Hall–Kier alpha value is -0.930. The van der Waals surface area contributed by atoms with E-state index in [1.807, 2.05) is 12.4 Å². The molecule has 2 heterocycles. The first kappa shape index (κ1) is 13.5. The summed E-state index contributed by atoms with van der Waals surface area (Å²) in [6.07, 6.45) is 6.16. The molecule has 0 bridgehead atoms. The average Bonchev–Trinajstić information content (AvgIpc) is 2.35. The van der Waals surface area contributed by atoms with Crippen LogP contribution in [0.1, 0.15) is 32.3 Å². The highest BCUT2D eigenvalue weighted by Crippen LogP contribution is 2.37. The molecule has 0 amide bonds. The number of hydrogen-bond acceptors (Lipinski definition) is 3. The highest BCUT2D eigenvalue weighted by molar-refractivity contribution is 5.09. The fourth-order valence-corrected chi connectivity index (χ4v) is 2.87. The Balaban J connectivity index is 1.96. The first-order valence-corrected chi connectivity index (χ1v) is 6.93. The molecule has 1 aliphatic heterocycles. The van der Waals surface area contributed by atoms with Gasteiger partial charge in [-0.05, 0) is 55.0 Å². The third-order valence-corrected chi connectivity index (χ3v) is 4.33. The van der Waals surface area contributed by atoms with Gasteiger partial charge in [0.15, 0.2) is 0 Å². The predicted octanol–water partition coefficient (Wildman–Crippen LogP) is 2.28. The summed E-state index contributed by atoms with van der Waals surface area (Å²) in [6.45, 7) is 8.98. The SMILES string of the molecule is CC1(C)CCN(Cc2ccncc2)CC1CCN. The zero-order valence-electron chi connectivity index (χ0n) is 11.6. The molecule has 1 atom stereocenters. The fraction of sp³-hybridized carbons (Fsp3) is 0.667. The van der Waals surface area contributed by atoms with Crippen molar-refractivity contribution in [3.05, 3.63) is 30.1 Å². The smallest absolute Gasteiger partial charge is 0.0271 e. The van der Waals surface area contributed by atoms with Crippen molar-refractivity contribution in [3.63, 3.8) is 0 Å². The molecule has 0 saturated carbocycles. The number of piperidine rings is 1. The van der Waals surface area contributed by atoms with Crippen molar-refractivity contribution < 1.29 is 0 Å². The second-order valence-electron chi connectivity index (χ2n) is 6.10. The van der Waals surface area contributed by atoms with E-state index in [1.165, 1.54) is 25.1 Å². The highest BCUT2D eigenvalue weighted by atomic mass is 15.1. The third kappa shape index (κ3) is 3.30. The van der Waals surface area contributed by atoms with Gasteiger partial charge in [0.25, 0.3) is 0 Å². The van der Waals surface area contributed by atoms with Gasteiger partial charge in [-0.15, -0.1) is 0 Å². The molecule has 0 aromatic carbocycles. The standard InChI is InChI=1S/C15H25N3/c1-15(2)6-10-18(12-14(15)3-7-16)11-13-4-8-17-9-5-13/h4-5,8-9,14H,3,6-7,10-12,16H2,1-2H3. The van der Waals surface area contributed by atoms with E-state index in [9.17, 15) is 0 Å². The van der Waals surface area contributed by atoms with Gasteiger partial charge in [0, 0.05) is 25.5 Å². The van der Waals surface area contributed by atoms with Crippen LogP contribution in [0.25, 0.3) is 0 Å². The predicted molar refractivity (Wildman–Crippen MR) is 75.1 cm³/mol. The van der Waals surface area contributed by atoms with Crippen LogP contribution in [-0.2, 0) is 6.54 Å². The summed E-state index contributed by atoms with van der Waals surface area (Å²) in [5, 5.41) is 0. The summed E-state index contributed by atoms with van der Waals surface area (Å²) in [5.74, 6) is 0.720. The molecule has 0 aliphatic carbocycles. The average molecular weight is 247 g/mol. The second kappa shape index (κ2) is 5.81. The Bertz CT molecular complexity index is 361. The Morgan fingerprint density at radius 1 is 1.39 bits per heavy atom. The molecule has 3 heteroatoms. The minimum absolute atomic E-state index is 0.439. The van der Waals surface area contributed by atoms with Crippen molar-refractivity contribution in [3.8, 4) is 0 Å². The van der Waals surface area contributed by atoms with E-state index in [0.717, 1.165) is 25.4 Å². The van der Waals surface area contributed by atoms with E-state index in [4.69, 9.17) is 5.73 Å². The number of pyridine rings is 1. The van der Waals surface area contributed by atoms with Crippen molar-refractivity contribution in [1.82, 2.24) is 9.88 Å². The maximum Gasteiger partial charge on any atom is 0.0271 e. The topological polar surface area (TPSA) is 42.2 Å². The Morgan fingerprint density at radius 3 is 2.78 bits per heavy atom. The summed E-state index contributed by atoms with van der Waals surface area (Å²) < 4.78 is 0. The summed E-state index contributed by atoms with van der Waals surface area (Å²) in [7, 11) is 0. The molecule has 1 aliphatic rings. The van der Waals surface area contributed by atoms with E-state index in [0.29, 0.717) is 5.41 Å². The van der Waals surface area contributed by atoms with Crippen LogP contribution in [-0.4, -0.2) is 29.5 Å². The normalized spacial score (nSPS) is 24.1. The number of hydrogen-bond donors (Lipinski definition) is 1. The van der Waals surface area contributed by atoms with E-state index in [2.05, 4.69) is 35.9 Å². The molecule has 18 heavy (non-hydrogen) atoms. The van der Waals surface area contributed by atoms with Gasteiger partial charge in [-0.2, -0.15) is 0 Å². The zero-order valence-corrected chi connectivity index (χ0v) is 11.6. The number of nitrogens with two attached hydrogens (primary N) is 1. The molecule has 3 nitrogen and oxygen atoms in total. The Kier molecular flexibility index (Phi) is 4.36. The lowest BCUT2D eigenvalue weighted by Gasteiger charge is -2.44. The minimum Gasteiger partial charge on any atom is -0.330 e. The van der Waals surface area contributed by atoms with Crippen molar-refractivity contribution in [2.24, 2.45) is 17.1 Å². The number of nitrogens with zero attached hydrogens (tertiary/aromatic N) is 2. The lowest BCUT2D eigenvalue weighted by molar-refractivity contribution is 0.0519. The minimum atomic E-state index is 0.439. The molecule has 0 spiro atoms. The van der Waals surface area contributed by atoms with Crippen LogP contribution in [0.15, 0.2) is 24.5 Å². The lowest BCUT2D eigenvalue weighted by Crippen LogP contribution is -2.45. The molecule has 2 rings (SSSR count). The number of likely N-dealkylation sites (tertiary alicyclic amines) is 1. The second-order valence-corrected chi connectivity index (χ2v) is 6.10. The van der Waals surface area contributed by atoms with Crippen molar-refractivity contribution >= 4 is 0 Å². The van der Waals surface area contributed by atoms with Crippen molar-refractivity contribution in [2.75, 3.05) is 19.6 Å².